The van der Waals surface area contributed by atoms with Crippen molar-refractivity contribution in [3.05, 3.63) is 76.0 Å². The maximum atomic E-state index is 12.0. The Morgan fingerprint density at radius 1 is 1.08 bits per heavy atom. The van der Waals surface area contributed by atoms with Crippen LogP contribution in [-0.4, -0.2) is 17.2 Å². The van der Waals surface area contributed by atoms with Gasteiger partial charge in [0.2, 0.25) is 0 Å². The number of carbonyl (C=O) groups is 1. The van der Waals surface area contributed by atoms with Crippen molar-refractivity contribution in [2.45, 2.75) is 0 Å². The van der Waals surface area contributed by atoms with Gasteiger partial charge in [-0.25, -0.2) is 5.43 Å². The number of phenolic OH excluding ortho intramolecular Hbond substituents is 1. The van der Waals surface area contributed by atoms with E-state index < -0.39 is 5.91 Å². The van der Waals surface area contributed by atoms with Gasteiger partial charge in [0.25, 0.3) is 5.91 Å². The third-order valence-electron chi connectivity index (χ3n) is 3.30. The summed E-state index contributed by atoms with van der Waals surface area (Å²) in [5.41, 5.74) is 3.17. The van der Waals surface area contributed by atoms with E-state index in [-0.39, 0.29) is 11.3 Å². The molecule has 3 rings (SSSR count). The molecule has 5 nitrogen and oxygen atoms in total. The van der Waals surface area contributed by atoms with Crippen LogP contribution in [0.1, 0.15) is 16.1 Å². The first-order chi connectivity index (χ1) is 12.0. The topological polar surface area (TPSA) is 74.8 Å². The van der Waals surface area contributed by atoms with Gasteiger partial charge in [-0.15, -0.1) is 0 Å². The molecule has 2 aromatic carbocycles. The van der Waals surface area contributed by atoms with E-state index in [1.807, 2.05) is 12.1 Å². The molecular formula is C18H12Cl2N2O3. The van der Waals surface area contributed by atoms with Crippen molar-refractivity contribution < 1.29 is 14.3 Å². The van der Waals surface area contributed by atoms with Crippen molar-refractivity contribution >= 4 is 35.3 Å². The monoisotopic (exact) mass is 374 g/mol. The van der Waals surface area contributed by atoms with E-state index >= 15 is 0 Å². The third-order valence-corrected chi connectivity index (χ3v) is 3.77. The van der Waals surface area contributed by atoms with Gasteiger partial charge in [0.15, 0.2) is 0 Å². The number of furan rings is 1. The fourth-order valence-corrected chi connectivity index (χ4v) is 2.49. The fourth-order valence-electron chi connectivity index (χ4n) is 2.12. The molecule has 0 spiro atoms. The fraction of sp³-hybridized carbons (Fsp3) is 0. The van der Waals surface area contributed by atoms with Crippen molar-refractivity contribution in [3.63, 3.8) is 0 Å². The number of hydrogen-bond acceptors (Lipinski definition) is 4. The number of aromatic hydroxyl groups is 1. The number of rotatable bonds is 4. The average molecular weight is 375 g/mol. The summed E-state index contributed by atoms with van der Waals surface area (Å²) in [4.78, 5) is 12.0. The van der Waals surface area contributed by atoms with Crippen molar-refractivity contribution in [2.24, 2.45) is 5.10 Å². The average Bonchev–Trinajstić information content (AvgIpc) is 3.06. The van der Waals surface area contributed by atoms with Gasteiger partial charge >= 0.3 is 0 Å². The highest BCUT2D eigenvalue weighted by Gasteiger charge is 2.11. The van der Waals surface area contributed by atoms with Gasteiger partial charge < -0.3 is 9.52 Å². The molecule has 0 aliphatic carbocycles. The first-order valence-corrected chi connectivity index (χ1v) is 7.96. The van der Waals surface area contributed by atoms with Crippen molar-refractivity contribution in [1.29, 1.82) is 0 Å². The van der Waals surface area contributed by atoms with Gasteiger partial charge in [-0.2, -0.15) is 5.10 Å². The second kappa shape index (κ2) is 7.42. The van der Waals surface area contributed by atoms with E-state index in [2.05, 4.69) is 10.5 Å². The third kappa shape index (κ3) is 4.21. The molecular weight excluding hydrogens is 363 g/mol. The standard InChI is InChI=1S/C18H12Cl2N2O3/c19-12-3-1-2-11(8-12)17-7-5-14(25-17)10-21-22-18(24)15-9-13(20)4-6-16(15)23/h1-10,23H,(H,22,24)/b21-10+. The number of amides is 1. The van der Waals surface area contributed by atoms with E-state index in [9.17, 15) is 9.90 Å². The first-order valence-electron chi connectivity index (χ1n) is 7.20. The zero-order valence-electron chi connectivity index (χ0n) is 12.7. The van der Waals surface area contributed by atoms with E-state index in [0.29, 0.717) is 21.6 Å². The highest BCUT2D eigenvalue weighted by Crippen LogP contribution is 2.24. The molecule has 0 aliphatic heterocycles. The predicted molar refractivity (Wildman–Crippen MR) is 97.3 cm³/mol. The normalized spacial score (nSPS) is 11.0. The summed E-state index contributed by atoms with van der Waals surface area (Å²) in [6.07, 6.45) is 1.35. The summed E-state index contributed by atoms with van der Waals surface area (Å²) in [6.45, 7) is 0. The number of hydrogen-bond donors (Lipinski definition) is 2. The minimum Gasteiger partial charge on any atom is -0.507 e. The number of hydrazone groups is 1. The minimum atomic E-state index is -0.585. The van der Waals surface area contributed by atoms with Crippen LogP contribution in [-0.2, 0) is 0 Å². The Balaban J connectivity index is 1.69. The quantitative estimate of drug-likeness (QED) is 0.512. The van der Waals surface area contributed by atoms with E-state index in [4.69, 9.17) is 27.6 Å². The molecule has 1 aromatic heterocycles. The maximum Gasteiger partial charge on any atom is 0.275 e. The molecule has 0 bridgehead atoms. The van der Waals surface area contributed by atoms with Gasteiger partial charge in [-0.05, 0) is 42.5 Å². The van der Waals surface area contributed by atoms with Gasteiger partial charge in [0.1, 0.15) is 17.3 Å². The maximum absolute atomic E-state index is 12.0. The Labute approximate surface area is 153 Å². The molecule has 1 amide bonds. The molecule has 0 saturated heterocycles. The van der Waals surface area contributed by atoms with Crippen molar-refractivity contribution in [1.82, 2.24) is 5.43 Å². The van der Waals surface area contributed by atoms with Crippen LogP contribution in [0.5, 0.6) is 5.75 Å². The summed E-state index contributed by atoms with van der Waals surface area (Å²) in [7, 11) is 0. The lowest BCUT2D eigenvalue weighted by Crippen LogP contribution is -2.17. The van der Waals surface area contributed by atoms with E-state index in [1.165, 1.54) is 24.4 Å². The number of phenols is 1. The smallest absolute Gasteiger partial charge is 0.275 e. The largest absolute Gasteiger partial charge is 0.507 e. The highest BCUT2D eigenvalue weighted by molar-refractivity contribution is 6.31. The molecule has 0 unspecified atom stereocenters. The summed E-state index contributed by atoms with van der Waals surface area (Å²) in [5, 5.41) is 14.4. The minimum absolute atomic E-state index is 0.0312. The Kier molecular flexibility index (Phi) is 5.07. The predicted octanol–water partition coefficient (Wildman–Crippen LogP) is 4.72. The lowest BCUT2D eigenvalue weighted by Gasteiger charge is -2.02. The lowest BCUT2D eigenvalue weighted by atomic mass is 10.2. The molecule has 0 radical (unpaired) electrons. The van der Waals surface area contributed by atoms with Crippen LogP contribution in [0, 0.1) is 0 Å². The molecule has 126 valence electrons. The van der Waals surface area contributed by atoms with Crippen molar-refractivity contribution in [3.8, 4) is 17.1 Å². The SMILES string of the molecule is O=C(N/N=C/c1ccc(-c2cccc(Cl)c2)o1)c1cc(Cl)ccc1O. The lowest BCUT2D eigenvalue weighted by molar-refractivity contribution is 0.0952. The molecule has 7 heteroatoms. The van der Waals surface area contributed by atoms with Crippen LogP contribution in [0.25, 0.3) is 11.3 Å². The summed E-state index contributed by atoms with van der Waals surface area (Å²) < 4.78 is 5.63. The van der Waals surface area contributed by atoms with E-state index in [1.54, 1.807) is 24.3 Å². The summed E-state index contributed by atoms with van der Waals surface area (Å²) in [6, 6.07) is 14.9. The summed E-state index contributed by atoms with van der Waals surface area (Å²) in [5.74, 6) is 0.310. The Morgan fingerprint density at radius 3 is 2.68 bits per heavy atom. The summed E-state index contributed by atoms with van der Waals surface area (Å²) >= 11 is 11.8. The number of halogens is 2. The van der Waals surface area contributed by atoms with Gasteiger partial charge in [-0.1, -0.05) is 35.3 Å². The van der Waals surface area contributed by atoms with Crippen LogP contribution in [0.4, 0.5) is 0 Å². The van der Waals surface area contributed by atoms with Crippen LogP contribution in [0.2, 0.25) is 10.0 Å². The van der Waals surface area contributed by atoms with Crippen LogP contribution in [0.15, 0.2) is 64.1 Å². The molecule has 3 aromatic rings. The molecule has 25 heavy (non-hydrogen) atoms. The van der Waals surface area contributed by atoms with Gasteiger partial charge in [-0.3, -0.25) is 4.79 Å². The number of carbonyl (C=O) groups excluding carboxylic acids is 1. The Morgan fingerprint density at radius 2 is 1.88 bits per heavy atom. The number of nitrogens with one attached hydrogen (secondary N) is 1. The molecule has 2 N–H and O–H groups in total. The number of nitrogens with zero attached hydrogens (tertiary/aromatic N) is 1. The molecule has 0 atom stereocenters. The molecule has 0 fully saturated rings. The van der Waals surface area contributed by atoms with Gasteiger partial charge in [0, 0.05) is 15.6 Å². The Bertz CT molecular complexity index is 951. The second-order valence-electron chi connectivity index (χ2n) is 5.07. The van der Waals surface area contributed by atoms with Crippen LogP contribution < -0.4 is 5.43 Å². The molecule has 0 saturated carbocycles. The van der Waals surface area contributed by atoms with Crippen LogP contribution in [0.3, 0.4) is 0 Å². The Hall–Kier alpha value is -2.76. The van der Waals surface area contributed by atoms with Crippen molar-refractivity contribution in [2.75, 3.05) is 0 Å². The number of benzene rings is 2. The molecule has 0 aliphatic rings. The first kappa shape index (κ1) is 17.1. The van der Waals surface area contributed by atoms with Gasteiger partial charge in [0.05, 0.1) is 11.8 Å². The zero-order chi connectivity index (χ0) is 17.8. The molecule has 1 heterocycles. The van der Waals surface area contributed by atoms with E-state index in [0.717, 1.165) is 5.56 Å². The highest BCUT2D eigenvalue weighted by atomic mass is 35.5. The zero-order valence-corrected chi connectivity index (χ0v) is 14.3. The second-order valence-corrected chi connectivity index (χ2v) is 5.95. The van der Waals surface area contributed by atoms with Crippen LogP contribution >= 0.6 is 23.2 Å².